The molecule has 4 heteroatoms. The highest BCUT2D eigenvalue weighted by Crippen LogP contribution is 2.17. The fraction of sp³-hybridized carbons (Fsp3) is 0.643. The van der Waals surface area contributed by atoms with Gasteiger partial charge in [-0.3, -0.25) is 4.98 Å². The van der Waals surface area contributed by atoms with Gasteiger partial charge < -0.3 is 10.1 Å². The zero-order valence-electron chi connectivity index (χ0n) is 11.4. The summed E-state index contributed by atoms with van der Waals surface area (Å²) in [7, 11) is 1.75. The Labute approximate surface area is 115 Å². The van der Waals surface area contributed by atoms with Gasteiger partial charge in [0.05, 0.1) is 11.1 Å². The number of nitrogens with one attached hydrogen (secondary N) is 1. The van der Waals surface area contributed by atoms with Crippen molar-refractivity contribution in [3.63, 3.8) is 0 Å². The second-order valence-corrected chi connectivity index (χ2v) is 5.01. The van der Waals surface area contributed by atoms with Crippen LogP contribution in [0.25, 0.3) is 0 Å². The van der Waals surface area contributed by atoms with E-state index in [0.717, 1.165) is 36.4 Å². The Kier molecular flexibility index (Phi) is 7.25. The van der Waals surface area contributed by atoms with Crippen LogP contribution in [0.15, 0.2) is 18.5 Å². The van der Waals surface area contributed by atoms with Gasteiger partial charge in [0.25, 0.3) is 0 Å². The van der Waals surface area contributed by atoms with Crippen LogP contribution in [0.3, 0.4) is 0 Å². The van der Waals surface area contributed by atoms with Gasteiger partial charge in [-0.2, -0.15) is 0 Å². The number of methoxy groups -OCH3 is 1. The van der Waals surface area contributed by atoms with Gasteiger partial charge >= 0.3 is 0 Å². The molecule has 1 rings (SSSR count). The second-order valence-electron chi connectivity index (χ2n) is 4.60. The first-order valence-corrected chi connectivity index (χ1v) is 6.89. The fourth-order valence-corrected chi connectivity index (χ4v) is 2.12. The molecule has 0 amide bonds. The summed E-state index contributed by atoms with van der Waals surface area (Å²) in [5, 5.41) is 4.29. The normalized spacial score (nSPS) is 14.4. The standard InChI is InChI=1S/C14H23ClN2O/c1-4-6-17-13(8-11(2)18-3)9-12-5-7-16-10-14(12)15/h5,7,10-11,13,17H,4,6,8-9H2,1-3H3. The Morgan fingerprint density at radius 1 is 1.50 bits per heavy atom. The fourth-order valence-electron chi connectivity index (χ4n) is 1.92. The third kappa shape index (κ3) is 5.34. The molecule has 0 aliphatic carbocycles. The van der Waals surface area contributed by atoms with Crippen LogP contribution in [0.1, 0.15) is 32.3 Å². The van der Waals surface area contributed by atoms with E-state index in [9.17, 15) is 0 Å². The van der Waals surface area contributed by atoms with Crippen molar-refractivity contribution in [2.24, 2.45) is 0 Å². The molecule has 0 saturated heterocycles. The molecule has 3 nitrogen and oxygen atoms in total. The minimum atomic E-state index is 0.250. The van der Waals surface area contributed by atoms with E-state index in [1.807, 2.05) is 6.07 Å². The van der Waals surface area contributed by atoms with Crippen molar-refractivity contribution in [2.75, 3.05) is 13.7 Å². The Morgan fingerprint density at radius 3 is 2.89 bits per heavy atom. The minimum Gasteiger partial charge on any atom is -0.382 e. The predicted octanol–water partition coefficient (Wildman–Crippen LogP) is 3.07. The molecular weight excluding hydrogens is 248 g/mol. The smallest absolute Gasteiger partial charge is 0.0621 e. The first kappa shape index (κ1) is 15.4. The van der Waals surface area contributed by atoms with E-state index in [1.165, 1.54) is 0 Å². The number of hydrogen-bond acceptors (Lipinski definition) is 3. The first-order chi connectivity index (χ1) is 8.67. The number of halogens is 1. The molecule has 0 saturated carbocycles. The van der Waals surface area contributed by atoms with Crippen molar-refractivity contribution in [2.45, 2.75) is 45.3 Å². The SMILES string of the molecule is CCCNC(Cc1ccncc1Cl)CC(C)OC. The summed E-state index contributed by atoms with van der Waals surface area (Å²) in [5.74, 6) is 0. The lowest BCUT2D eigenvalue weighted by atomic mass is 10.0. The number of rotatable bonds is 8. The average molecular weight is 271 g/mol. The zero-order valence-corrected chi connectivity index (χ0v) is 12.2. The quantitative estimate of drug-likeness (QED) is 0.788. The highest BCUT2D eigenvalue weighted by atomic mass is 35.5. The molecule has 2 unspecified atom stereocenters. The Morgan fingerprint density at radius 2 is 2.28 bits per heavy atom. The third-order valence-electron chi connectivity index (χ3n) is 3.02. The monoisotopic (exact) mass is 270 g/mol. The van der Waals surface area contributed by atoms with Crippen molar-refractivity contribution < 1.29 is 4.74 Å². The topological polar surface area (TPSA) is 34.2 Å². The zero-order chi connectivity index (χ0) is 13.4. The molecule has 1 aromatic heterocycles. The van der Waals surface area contributed by atoms with Gasteiger partial charge in [0.1, 0.15) is 0 Å². The summed E-state index contributed by atoms with van der Waals surface area (Å²) in [6, 6.07) is 2.38. The molecule has 2 atom stereocenters. The van der Waals surface area contributed by atoms with Crippen LogP contribution in [0, 0.1) is 0 Å². The van der Waals surface area contributed by atoms with E-state index in [-0.39, 0.29) is 6.10 Å². The van der Waals surface area contributed by atoms with Crippen LogP contribution in [0.2, 0.25) is 5.02 Å². The third-order valence-corrected chi connectivity index (χ3v) is 3.36. The minimum absolute atomic E-state index is 0.250. The molecule has 0 bridgehead atoms. The summed E-state index contributed by atoms with van der Waals surface area (Å²) in [4.78, 5) is 4.01. The molecule has 0 aliphatic rings. The van der Waals surface area contributed by atoms with E-state index in [2.05, 4.69) is 24.1 Å². The molecule has 18 heavy (non-hydrogen) atoms. The molecule has 0 aliphatic heterocycles. The number of aromatic nitrogens is 1. The van der Waals surface area contributed by atoms with Gasteiger partial charge in [-0.05, 0) is 44.4 Å². The first-order valence-electron chi connectivity index (χ1n) is 6.51. The Hall–Kier alpha value is -0.640. The van der Waals surface area contributed by atoms with E-state index in [0.29, 0.717) is 6.04 Å². The number of hydrogen-bond donors (Lipinski definition) is 1. The lowest BCUT2D eigenvalue weighted by molar-refractivity contribution is 0.100. The average Bonchev–Trinajstić information content (AvgIpc) is 2.38. The summed E-state index contributed by atoms with van der Waals surface area (Å²) in [5.41, 5.74) is 1.14. The highest BCUT2D eigenvalue weighted by Gasteiger charge is 2.14. The number of ether oxygens (including phenoxy) is 1. The van der Waals surface area contributed by atoms with E-state index >= 15 is 0 Å². The van der Waals surface area contributed by atoms with Crippen molar-refractivity contribution in [1.29, 1.82) is 0 Å². The summed E-state index contributed by atoms with van der Waals surface area (Å²) in [6.07, 6.45) is 6.76. The van der Waals surface area contributed by atoms with Crippen molar-refractivity contribution in [3.8, 4) is 0 Å². The summed E-state index contributed by atoms with van der Waals surface area (Å²) in [6.45, 7) is 5.28. The van der Waals surface area contributed by atoms with Crippen LogP contribution in [-0.4, -0.2) is 30.8 Å². The van der Waals surface area contributed by atoms with E-state index in [1.54, 1.807) is 19.5 Å². The molecule has 102 valence electrons. The van der Waals surface area contributed by atoms with Crippen molar-refractivity contribution in [1.82, 2.24) is 10.3 Å². The van der Waals surface area contributed by atoms with Crippen LogP contribution < -0.4 is 5.32 Å². The van der Waals surface area contributed by atoms with Crippen LogP contribution in [0.5, 0.6) is 0 Å². The summed E-state index contributed by atoms with van der Waals surface area (Å²) >= 11 is 6.15. The molecule has 0 spiro atoms. The van der Waals surface area contributed by atoms with Gasteiger partial charge in [-0.1, -0.05) is 18.5 Å². The summed E-state index contributed by atoms with van der Waals surface area (Å²) < 4.78 is 5.34. The van der Waals surface area contributed by atoms with Gasteiger partial charge in [0.2, 0.25) is 0 Å². The van der Waals surface area contributed by atoms with Crippen molar-refractivity contribution in [3.05, 3.63) is 29.0 Å². The maximum atomic E-state index is 6.15. The Balaban J connectivity index is 2.62. The molecule has 1 aromatic rings. The molecule has 1 heterocycles. The number of pyridine rings is 1. The maximum absolute atomic E-state index is 6.15. The maximum Gasteiger partial charge on any atom is 0.0621 e. The van der Waals surface area contributed by atoms with Gasteiger partial charge in [-0.25, -0.2) is 0 Å². The lowest BCUT2D eigenvalue weighted by Gasteiger charge is -2.22. The predicted molar refractivity (Wildman–Crippen MR) is 76.1 cm³/mol. The van der Waals surface area contributed by atoms with Gasteiger partial charge in [-0.15, -0.1) is 0 Å². The lowest BCUT2D eigenvalue weighted by Crippen LogP contribution is -2.35. The van der Waals surface area contributed by atoms with E-state index in [4.69, 9.17) is 16.3 Å². The molecule has 0 radical (unpaired) electrons. The van der Waals surface area contributed by atoms with Crippen LogP contribution in [0.4, 0.5) is 0 Å². The van der Waals surface area contributed by atoms with Crippen LogP contribution >= 0.6 is 11.6 Å². The molecular formula is C14H23ClN2O. The van der Waals surface area contributed by atoms with Gasteiger partial charge in [0, 0.05) is 25.5 Å². The molecule has 1 N–H and O–H groups in total. The van der Waals surface area contributed by atoms with Gasteiger partial charge in [0.15, 0.2) is 0 Å². The highest BCUT2D eigenvalue weighted by molar-refractivity contribution is 6.31. The van der Waals surface area contributed by atoms with Crippen molar-refractivity contribution >= 4 is 11.6 Å². The number of nitrogens with zero attached hydrogens (tertiary/aromatic N) is 1. The molecule has 0 aromatic carbocycles. The van der Waals surface area contributed by atoms with E-state index < -0.39 is 0 Å². The second kappa shape index (κ2) is 8.46. The largest absolute Gasteiger partial charge is 0.382 e. The Bertz CT molecular complexity index is 346. The van der Waals surface area contributed by atoms with Crippen LogP contribution in [-0.2, 0) is 11.2 Å². The molecule has 0 fully saturated rings.